The minimum Gasteiger partial charge on any atom is -0.423 e. The van der Waals surface area contributed by atoms with Gasteiger partial charge in [-0.15, -0.1) is 0 Å². The molecule has 0 bridgehead atoms. The number of nitrogens with zero attached hydrogens (tertiary/aromatic N) is 2. The van der Waals surface area contributed by atoms with Crippen molar-refractivity contribution < 1.29 is 9.53 Å². The Morgan fingerprint density at radius 2 is 2.00 bits per heavy atom. The Bertz CT molecular complexity index is 259. The normalized spacial score (nSPS) is 9.92. The third kappa shape index (κ3) is 2.30. The second kappa shape index (κ2) is 3.80. The van der Waals surface area contributed by atoms with Crippen LogP contribution in [-0.4, -0.2) is 15.9 Å². The molecule has 0 N–H and O–H groups in total. The smallest absolute Gasteiger partial charge is 0.313 e. The van der Waals surface area contributed by atoms with Crippen LogP contribution in [0.2, 0.25) is 0 Å². The second-order valence-electron chi connectivity index (χ2n) is 2.65. The molecule has 0 unspecified atom stereocenters. The molecule has 0 saturated carbocycles. The predicted molar refractivity (Wildman–Crippen MR) is 42.5 cm³/mol. The van der Waals surface area contributed by atoms with Gasteiger partial charge in [-0.1, -0.05) is 13.8 Å². The van der Waals surface area contributed by atoms with Crippen molar-refractivity contribution in [2.24, 2.45) is 5.92 Å². The SMILES string of the molecule is CC(C)C(=O)Oc1cncnc1. The number of aromatic nitrogens is 2. The van der Waals surface area contributed by atoms with Gasteiger partial charge in [-0.3, -0.25) is 4.79 Å². The third-order valence-electron chi connectivity index (χ3n) is 1.23. The average Bonchev–Trinajstić information content (AvgIpc) is 2.06. The fourth-order valence-corrected chi connectivity index (χ4v) is 0.572. The zero-order chi connectivity index (χ0) is 8.97. The van der Waals surface area contributed by atoms with E-state index in [2.05, 4.69) is 9.97 Å². The van der Waals surface area contributed by atoms with Crippen molar-refractivity contribution in [2.45, 2.75) is 13.8 Å². The van der Waals surface area contributed by atoms with Gasteiger partial charge in [0.15, 0.2) is 5.75 Å². The maximum absolute atomic E-state index is 11.0. The Balaban J connectivity index is 2.59. The van der Waals surface area contributed by atoms with E-state index in [1.165, 1.54) is 18.7 Å². The fourth-order valence-electron chi connectivity index (χ4n) is 0.572. The molecule has 0 aromatic carbocycles. The van der Waals surface area contributed by atoms with Crippen LogP contribution in [0.4, 0.5) is 0 Å². The van der Waals surface area contributed by atoms with Crippen LogP contribution in [0.3, 0.4) is 0 Å². The van der Waals surface area contributed by atoms with E-state index < -0.39 is 0 Å². The summed E-state index contributed by atoms with van der Waals surface area (Å²) in [6.07, 6.45) is 4.28. The molecule has 0 saturated heterocycles. The largest absolute Gasteiger partial charge is 0.423 e. The molecule has 0 spiro atoms. The fraction of sp³-hybridized carbons (Fsp3) is 0.375. The van der Waals surface area contributed by atoms with Crippen LogP contribution >= 0.6 is 0 Å². The quantitative estimate of drug-likeness (QED) is 0.616. The molecule has 1 rings (SSSR count). The van der Waals surface area contributed by atoms with E-state index in [9.17, 15) is 4.79 Å². The molecule has 0 aliphatic rings. The highest BCUT2D eigenvalue weighted by atomic mass is 16.5. The lowest BCUT2D eigenvalue weighted by Gasteiger charge is -2.04. The number of hydrogen-bond donors (Lipinski definition) is 0. The number of carbonyl (C=O) groups excluding carboxylic acids is 1. The molecule has 12 heavy (non-hydrogen) atoms. The first-order chi connectivity index (χ1) is 5.70. The van der Waals surface area contributed by atoms with Crippen molar-refractivity contribution >= 4 is 5.97 Å². The molecular formula is C8H10N2O2. The maximum atomic E-state index is 11.0. The standard InChI is InChI=1S/C8H10N2O2/c1-6(2)8(11)12-7-3-9-5-10-4-7/h3-6H,1-2H3. The van der Waals surface area contributed by atoms with E-state index in [0.29, 0.717) is 5.75 Å². The molecule has 0 radical (unpaired) electrons. The highest BCUT2D eigenvalue weighted by Gasteiger charge is 2.09. The average molecular weight is 166 g/mol. The number of carbonyl (C=O) groups is 1. The molecule has 0 aliphatic heterocycles. The second-order valence-corrected chi connectivity index (χ2v) is 2.65. The van der Waals surface area contributed by atoms with E-state index in [0.717, 1.165) is 0 Å². The van der Waals surface area contributed by atoms with Gasteiger partial charge in [0.1, 0.15) is 6.33 Å². The highest BCUT2D eigenvalue weighted by Crippen LogP contribution is 2.07. The van der Waals surface area contributed by atoms with Crippen LogP contribution in [0.1, 0.15) is 13.8 Å². The Hall–Kier alpha value is -1.45. The minimum atomic E-state index is -0.273. The van der Waals surface area contributed by atoms with Gasteiger partial charge in [-0.2, -0.15) is 0 Å². The summed E-state index contributed by atoms with van der Waals surface area (Å²) in [5, 5.41) is 0. The van der Waals surface area contributed by atoms with Crippen LogP contribution in [0, 0.1) is 5.92 Å². The molecule has 64 valence electrons. The first kappa shape index (κ1) is 8.64. The zero-order valence-electron chi connectivity index (χ0n) is 7.02. The Morgan fingerprint density at radius 1 is 1.42 bits per heavy atom. The summed E-state index contributed by atoms with van der Waals surface area (Å²) >= 11 is 0. The van der Waals surface area contributed by atoms with E-state index >= 15 is 0 Å². The summed E-state index contributed by atoms with van der Waals surface area (Å²) in [4.78, 5) is 18.5. The minimum absolute atomic E-state index is 0.134. The Labute approximate surface area is 70.6 Å². The molecule has 1 aromatic rings. The van der Waals surface area contributed by atoms with E-state index in [-0.39, 0.29) is 11.9 Å². The van der Waals surface area contributed by atoms with Gasteiger partial charge >= 0.3 is 5.97 Å². The van der Waals surface area contributed by atoms with Crippen LogP contribution < -0.4 is 4.74 Å². The molecule has 1 heterocycles. The maximum Gasteiger partial charge on any atom is 0.313 e. The molecule has 0 fully saturated rings. The number of ether oxygens (including phenoxy) is 1. The van der Waals surface area contributed by atoms with Crippen molar-refractivity contribution in [2.75, 3.05) is 0 Å². The van der Waals surface area contributed by atoms with Crippen molar-refractivity contribution in [3.05, 3.63) is 18.7 Å². The van der Waals surface area contributed by atoms with Gasteiger partial charge in [-0.25, -0.2) is 9.97 Å². The molecule has 4 nitrogen and oxygen atoms in total. The highest BCUT2D eigenvalue weighted by molar-refractivity contribution is 5.74. The Morgan fingerprint density at radius 3 is 2.50 bits per heavy atom. The van der Waals surface area contributed by atoms with Crippen LogP contribution in [0.25, 0.3) is 0 Å². The summed E-state index contributed by atoms with van der Waals surface area (Å²) in [5.74, 6) is -0.0220. The summed E-state index contributed by atoms with van der Waals surface area (Å²) < 4.78 is 4.91. The molecule has 1 aromatic heterocycles. The number of rotatable bonds is 2. The topological polar surface area (TPSA) is 52.1 Å². The van der Waals surface area contributed by atoms with Crippen LogP contribution in [0.5, 0.6) is 5.75 Å². The lowest BCUT2D eigenvalue weighted by molar-refractivity contribution is -0.137. The summed E-state index contributed by atoms with van der Waals surface area (Å²) in [5.41, 5.74) is 0. The van der Waals surface area contributed by atoms with E-state index in [1.54, 1.807) is 13.8 Å². The lowest BCUT2D eigenvalue weighted by Crippen LogP contribution is -2.14. The Kier molecular flexibility index (Phi) is 2.74. The van der Waals surface area contributed by atoms with Gasteiger partial charge in [-0.05, 0) is 0 Å². The zero-order valence-corrected chi connectivity index (χ0v) is 7.02. The summed E-state index contributed by atoms with van der Waals surface area (Å²) in [7, 11) is 0. The summed E-state index contributed by atoms with van der Waals surface area (Å²) in [6.45, 7) is 3.54. The van der Waals surface area contributed by atoms with Crippen LogP contribution in [-0.2, 0) is 4.79 Å². The number of esters is 1. The molecule has 0 amide bonds. The van der Waals surface area contributed by atoms with E-state index in [4.69, 9.17) is 4.74 Å². The van der Waals surface area contributed by atoms with E-state index in [1.807, 2.05) is 0 Å². The predicted octanol–water partition coefficient (Wildman–Crippen LogP) is 1.04. The first-order valence-corrected chi connectivity index (χ1v) is 3.67. The molecule has 0 aliphatic carbocycles. The molecule has 0 atom stereocenters. The van der Waals surface area contributed by atoms with Gasteiger partial charge in [0, 0.05) is 0 Å². The van der Waals surface area contributed by atoms with Gasteiger partial charge in [0.05, 0.1) is 18.3 Å². The molecular weight excluding hydrogens is 156 g/mol. The van der Waals surface area contributed by atoms with Crippen molar-refractivity contribution in [3.63, 3.8) is 0 Å². The van der Waals surface area contributed by atoms with Gasteiger partial charge in [0.25, 0.3) is 0 Å². The van der Waals surface area contributed by atoms with Gasteiger partial charge in [0.2, 0.25) is 0 Å². The first-order valence-electron chi connectivity index (χ1n) is 3.67. The summed E-state index contributed by atoms with van der Waals surface area (Å²) in [6, 6.07) is 0. The van der Waals surface area contributed by atoms with Crippen molar-refractivity contribution in [3.8, 4) is 5.75 Å². The van der Waals surface area contributed by atoms with Gasteiger partial charge < -0.3 is 4.74 Å². The van der Waals surface area contributed by atoms with Crippen LogP contribution in [0.15, 0.2) is 18.7 Å². The third-order valence-corrected chi connectivity index (χ3v) is 1.23. The lowest BCUT2D eigenvalue weighted by atomic mass is 10.2. The number of hydrogen-bond acceptors (Lipinski definition) is 4. The molecule has 4 heteroatoms. The van der Waals surface area contributed by atoms with Crippen molar-refractivity contribution in [1.82, 2.24) is 9.97 Å². The van der Waals surface area contributed by atoms with Crippen molar-refractivity contribution in [1.29, 1.82) is 0 Å². The monoisotopic (exact) mass is 166 g/mol.